The maximum absolute atomic E-state index is 11.9. The van der Waals surface area contributed by atoms with E-state index in [0.29, 0.717) is 19.0 Å². The number of amides is 1. The van der Waals surface area contributed by atoms with Crippen LogP contribution in [-0.4, -0.2) is 46.6 Å². The van der Waals surface area contributed by atoms with Gasteiger partial charge in [-0.1, -0.05) is 6.92 Å². The Morgan fingerprint density at radius 1 is 1.44 bits per heavy atom. The average Bonchev–Trinajstić information content (AvgIpc) is 2.86. The predicted molar refractivity (Wildman–Crippen MR) is 67.2 cm³/mol. The summed E-state index contributed by atoms with van der Waals surface area (Å²) in [5, 5.41) is 12.1. The molecule has 0 spiro atoms. The fraction of sp³-hybridized carbons (Fsp3) is 0.846. The summed E-state index contributed by atoms with van der Waals surface area (Å²) in [6.07, 6.45) is 3.57. The number of nitrogens with zero attached hydrogens (tertiary/aromatic N) is 1. The molecule has 2 aliphatic rings. The van der Waals surface area contributed by atoms with Gasteiger partial charge in [-0.05, 0) is 32.6 Å². The number of rotatable bonds is 5. The molecule has 4 unspecified atom stereocenters. The Bertz CT molecular complexity index is 345. The Morgan fingerprint density at radius 2 is 2.17 bits per heavy atom. The van der Waals surface area contributed by atoms with Gasteiger partial charge in [0.05, 0.1) is 12.5 Å². The number of carboxylic acid groups (broad SMARTS) is 1. The van der Waals surface area contributed by atoms with Gasteiger partial charge in [-0.15, -0.1) is 0 Å². The van der Waals surface area contributed by atoms with Gasteiger partial charge in [-0.25, -0.2) is 0 Å². The highest BCUT2D eigenvalue weighted by molar-refractivity contribution is 5.79. The first kappa shape index (κ1) is 13.3. The van der Waals surface area contributed by atoms with E-state index >= 15 is 0 Å². The van der Waals surface area contributed by atoms with Gasteiger partial charge in [0.1, 0.15) is 0 Å². The highest BCUT2D eigenvalue weighted by atomic mass is 16.4. The van der Waals surface area contributed by atoms with Gasteiger partial charge in [0, 0.05) is 18.1 Å². The standard InChI is InChI=1S/C13H22N2O3/c1-3-8(2)14-12(16)7-15-9-4-5-11(15)10(6-9)13(17)18/h8-11H,3-7H2,1-2H3,(H,14,16)(H,17,18). The van der Waals surface area contributed by atoms with Crippen LogP contribution in [0.15, 0.2) is 0 Å². The quantitative estimate of drug-likeness (QED) is 0.762. The van der Waals surface area contributed by atoms with Crippen molar-refractivity contribution in [1.82, 2.24) is 10.2 Å². The minimum atomic E-state index is -0.713. The number of hydrogen-bond donors (Lipinski definition) is 2. The van der Waals surface area contributed by atoms with Crippen LogP contribution in [0.2, 0.25) is 0 Å². The molecule has 18 heavy (non-hydrogen) atoms. The van der Waals surface area contributed by atoms with Crippen molar-refractivity contribution >= 4 is 11.9 Å². The van der Waals surface area contributed by atoms with E-state index in [0.717, 1.165) is 19.3 Å². The molecule has 2 rings (SSSR count). The number of nitrogens with one attached hydrogen (secondary N) is 1. The number of aliphatic carboxylic acids is 1. The summed E-state index contributed by atoms with van der Waals surface area (Å²) in [5.41, 5.74) is 0. The van der Waals surface area contributed by atoms with E-state index in [-0.39, 0.29) is 23.9 Å². The molecule has 1 amide bonds. The van der Waals surface area contributed by atoms with E-state index in [4.69, 9.17) is 5.11 Å². The van der Waals surface area contributed by atoms with Gasteiger partial charge in [-0.3, -0.25) is 14.5 Å². The van der Waals surface area contributed by atoms with Crippen molar-refractivity contribution in [2.24, 2.45) is 5.92 Å². The molecule has 0 radical (unpaired) electrons. The summed E-state index contributed by atoms with van der Waals surface area (Å²) in [4.78, 5) is 25.1. The molecular formula is C13H22N2O3. The Balaban J connectivity index is 1.91. The lowest BCUT2D eigenvalue weighted by Gasteiger charge is -2.23. The first-order valence-corrected chi connectivity index (χ1v) is 6.80. The minimum absolute atomic E-state index is 0.0206. The number of carbonyl (C=O) groups excluding carboxylic acids is 1. The van der Waals surface area contributed by atoms with Crippen LogP contribution < -0.4 is 5.32 Å². The molecule has 0 aromatic heterocycles. The van der Waals surface area contributed by atoms with E-state index < -0.39 is 5.97 Å². The van der Waals surface area contributed by atoms with E-state index in [1.54, 1.807) is 0 Å². The Hall–Kier alpha value is -1.10. The summed E-state index contributed by atoms with van der Waals surface area (Å²) < 4.78 is 0. The van der Waals surface area contributed by atoms with Crippen LogP contribution in [0.4, 0.5) is 0 Å². The van der Waals surface area contributed by atoms with Gasteiger partial charge < -0.3 is 10.4 Å². The zero-order chi connectivity index (χ0) is 13.3. The zero-order valence-corrected chi connectivity index (χ0v) is 11.1. The van der Waals surface area contributed by atoms with Crippen molar-refractivity contribution in [2.45, 2.75) is 57.7 Å². The maximum atomic E-state index is 11.9. The van der Waals surface area contributed by atoms with Gasteiger partial charge in [0.15, 0.2) is 0 Å². The number of fused-ring (bicyclic) bond motifs is 2. The van der Waals surface area contributed by atoms with Crippen LogP contribution >= 0.6 is 0 Å². The van der Waals surface area contributed by atoms with Gasteiger partial charge in [0.2, 0.25) is 5.91 Å². The third-order valence-electron chi connectivity index (χ3n) is 4.34. The van der Waals surface area contributed by atoms with Crippen molar-refractivity contribution in [1.29, 1.82) is 0 Å². The molecule has 0 aromatic carbocycles. The van der Waals surface area contributed by atoms with Crippen LogP contribution in [-0.2, 0) is 9.59 Å². The molecule has 2 saturated heterocycles. The van der Waals surface area contributed by atoms with Crippen LogP contribution in [0, 0.1) is 5.92 Å². The average molecular weight is 254 g/mol. The Labute approximate surface area is 108 Å². The van der Waals surface area contributed by atoms with Crippen molar-refractivity contribution in [2.75, 3.05) is 6.54 Å². The number of carboxylic acids is 1. The number of hydrogen-bond acceptors (Lipinski definition) is 3. The summed E-state index contributed by atoms with van der Waals surface area (Å²) >= 11 is 0. The zero-order valence-electron chi connectivity index (χ0n) is 11.1. The van der Waals surface area contributed by atoms with E-state index in [2.05, 4.69) is 10.2 Å². The molecule has 2 bridgehead atoms. The van der Waals surface area contributed by atoms with E-state index in [1.807, 2.05) is 13.8 Å². The minimum Gasteiger partial charge on any atom is -0.481 e. The van der Waals surface area contributed by atoms with Crippen LogP contribution in [0.3, 0.4) is 0 Å². The molecule has 102 valence electrons. The third-order valence-corrected chi connectivity index (χ3v) is 4.34. The fourth-order valence-electron chi connectivity index (χ4n) is 3.20. The summed E-state index contributed by atoms with van der Waals surface area (Å²) in [7, 11) is 0. The largest absolute Gasteiger partial charge is 0.481 e. The SMILES string of the molecule is CCC(C)NC(=O)CN1C2CCC1C(C(=O)O)C2. The molecule has 5 heteroatoms. The fourth-order valence-corrected chi connectivity index (χ4v) is 3.20. The van der Waals surface area contributed by atoms with Crippen LogP contribution in [0.5, 0.6) is 0 Å². The first-order valence-electron chi connectivity index (χ1n) is 6.80. The molecule has 2 heterocycles. The highest BCUT2D eigenvalue weighted by Gasteiger charge is 2.49. The first-order chi connectivity index (χ1) is 8.52. The molecule has 2 N–H and O–H groups in total. The van der Waals surface area contributed by atoms with E-state index in [1.165, 1.54) is 0 Å². The second-order valence-electron chi connectivity index (χ2n) is 5.53. The smallest absolute Gasteiger partial charge is 0.308 e. The second kappa shape index (κ2) is 5.26. The van der Waals surface area contributed by atoms with Crippen molar-refractivity contribution in [3.63, 3.8) is 0 Å². The molecule has 2 fully saturated rings. The Morgan fingerprint density at radius 3 is 2.72 bits per heavy atom. The molecule has 0 aromatic rings. The Kier molecular flexibility index (Phi) is 3.90. The second-order valence-corrected chi connectivity index (χ2v) is 5.53. The molecule has 2 aliphatic heterocycles. The lowest BCUT2D eigenvalue weighted by molar-refractivity contribution is -0.143. The molecule has 4 atom stereocenters. The van der Waals surface area contributed by atoms with Crippen molar-refractivity contribution in [3.05, 3.63) is 0 Å². The summed E-state index contributed by atoms with van der Waals surface area (Å²) in [6.45, 7) is 4.37. The van der Waals surface area contributed by atoms with E-state index in [9.17, 15) is 9.59 Å². The monoisotopic (exact) mass is 254 g/mol. The lowest BCUT2D eigenvalue weighted by atomic mass is 9.89. The summed E-state index contributed by atoms with van der Waals surface area (Å²) in [6, 6.07) is 0.544. The van der Waals surface area contributed by atoms with Crippen molar-refractivity contribution < 1.29 is 14.7 Å². The van der Waals surface area contributed by atoms with Crippen LogP contribution in [0.25, 0.3) is 0 Å². The third kappa shape index (κ3) is 2.51. The van der Waals surface area contributed by atoms with Gasteiger partial charge >= 0.3 is 5.97 Å². The van der Waals surface area contributed by atoms with Crippen molar-refractivity contribution in [3.8, 4) is 0 Å². The van der Waals surface area contributed by atoms with Gasteiger partial charge in [-0.2, -0.15) is 0 Å². The van der Waals surface area contributed by atoms with Crippen LogP contribution in [0.1, 0.15) is 39.5 Å². The molecule has 0 saturated carbocycles. The molecular weight excluding hydrogens is 232 g/mol. The topological polar surface area (TPSA) is 69.6 Å². The molecule has 0 aliphatic carbocycles. The maximum Gasteiger partial charge on any atom is 0.308 e. The number of carbonyl (C=O) groups is 2. The van der Waals surface area contributed by atoms with Gasteiger partial charge in [0.25, 0.3) is 0 Å². The highest BCUT2D eigenvalue weighted by Crippen LogP contribution is 2.41. The predicted octanol–water partition coefficient (Wildman–Crippen LogP) is 0.839. The molecule has 5 nitrogen and oxygen atoms in total. The normalized spacial score (nSPS) is 32.4. The summed E-state index contributed by atoms with van der Waals surface area (Å²) in [5.74, 6) is -0.970. The lowest BCUT2D eigenvalue weighted by Crippen LogP contribution is -2.43.